The molecule has 4 heteroatoms. The first-order valence-corrected chi connectivity index (χ1v) is 5.32. The minimum absolute atomic E-state index is 0.0463. The van der Waals surface area contributed by atoms with Gasteiger partial charge in [-0.1, -0.05) is 6.92 Å². The Kier molecular flexibility index (Phi) is 2.90. The number of rotatable bonds is 2. The normalized spacial score (nSPS) is 19.9. The maximum atomic E-state index is 13.5. The summed E-state index contributed by atoms with van der Waals surface area (Å²) in [6.07, 6.45) is 1.42. The molecule has 0 amide bonds. The molecule has 1 unspecified atom stereocenters. The van der Waals surface area contributed by atoms with Gasteiger partial charge in [-0.25, -0.2) is 8.78 Å². The number of aromatic hydroxyl groups is 1. The highest BCUT2D eigenvalue weighted by atomic mass is 19.1. The Hall–Kier alpha value is -1.45. The van der Waals surface area contributed by atoms with Gasteiger partial charge in [0.25, 0.3) is 0 Å². The number of halogens is 2. The number of nitrogens with zero attached hydrogens (tertiary/aromatic N) is 1. The van der Waals surface area contributed by atoms with Crippen LogP contribution in [0.1, 0.15) is 31.2 Å². The standard InChI is InChI=1S/C12H13F2NO/c1-2-8-3-7(6-15-8)12-10(13)4-9(16)5-11(12)14/h4-5,7,16H,2-3,6H2,1H3. The van der Waals surface area contributed by atoms with Gasteiger partial charge in [0, 0.05) is 35.9 Å². The van der Waals surface area contributed by atoms with Gasteiger partial charge in [0.05, 0.1) is 0 Å². The Labute approximate surface area is 92.6 Å². The Morgan fingerprint density at radius 1 is 1.38 bits per heavy atom. The Morgan fingerprint density at radius 3 is 2.50 bits per heavy atom. The molecule has 0 fully saturated rings. The van der Waals surface area contributed by atoms with Crippen LogP contribution in [0.15, 0.2) is 17.1 Å². The van der Waals surface area contributed by atoms with Crippen LogP contribution in [0.3, 0.4) is 0 Å². The van der Waals surface area contributed by atoms with Crippen LogP contribution >= 0.6 is 0 Å². The topological polar surface area (TPSA) is 32.6 Å². The molecule has 1 aliphatic heterocycles. The molecule has 0 aromatic heterocycles. The number of phenolic OH excluding ortho intramolecular Hbond substituents is 1. The van der Waals surface area contributed by atoms with Crippen molar-refractivity contribution in [3.8, 4) is 5.75 Å². The average molecular weight is 225 g/mol. The summed E-state index contributed by atoms with van der Waals surface area (Å²) in [5, 5.41) is 9.05. The lowest BCUT2D eigenvalue weighted by Gasteiger charge is -2.11. The predicted octanol–water partition coefficient (Wildman–Crippen LogP) is 3.01. The first kappa shape index (κ1) is 11.0. The number of hydrogen-bond acceptors (Lipinski definition) is 2. The van der Waals surface area contributed by atoms with Crippen molar-refractivity contribution in [2.75, 3.05) is 6.54 Å². The predicted molar refractivity (Wildman–Crippen MR) is 58.0 cm³/mol. The Bertz CT molecular complexity index is 420. The van der Waals surface area contributed by atoms with Crippen molar-refractivity contribution in [2.45, 2.75) is 25.7 Å². The lowest BCUT2D eigenvalue weighted by Crippen LogP contribution is -2.06. The van der Waals surface area contributed by atoms with Crippen LogP contribution < -0.4 is 0 Å². The summed E-state index contributed by atoms with van der Waals surface area (Å²) in [7, 11) is 0. The smallest absolute Gasteiger partial charge is 0.133 e. The van der Waals surface area contributed by atoms with Crippen LogP contribution in [0.4, 0.5) is 8.78 Å². The van der Waals surface area contributed by atoms with E-state index in [1.54, 1.807) is 0 Å². The number of aliphatic imine (C=N–C) groups is 1. The van der Waals surface area contributed by atoms with Gasteiger partial charge in [-0.3, -0.25) is 4.99 Å². The third-order valence-electron chi connectivity index (χ3n) is 2.90. The van der Waals surface area contributed by atoms with E-state index in [0.29, 0.717) is 13.0 Å². The van der Waals surface area contributed by atoms with Crippen molar-refractivity contribution in [1.29, 1.82) is 0 Å². The number of benzene rings is 1. The fourth-order valence-corrected chi connectivity index (χ4v) is 2.06. The van der Waals surface area contributed by atoms with E-state index in [9.17, 15) is 8.78 Å². The highest BCUT2D eigenvalue weighted by molar-refractivity contribution is 5.86. The lowest BCUT2D eigenvalue weighted by molar-refractivity contribution is 0.453. The molecule has 1 aromatic rings. The molecular weight excluding hydrogens is 212 g/mol. The van der Waals surface area contributed by atoms with E-state index in [1.165, 1.54) is 0 Å². The van der Waals surface area contributed by atoms with Gasteiger partial charge in [0.1, 0.15) is 17.4 Å². The van der Waals surface area contributed by atoms with Crippen LogP contribution in [-0.4, -0.2) is 17.4 Å². The van der Waals surface area contributed by atoms with E-state index in [1.807, 2.05) is 6.92 Å². The van der Waals surface area contributed by atoms with Crippen LogP contribution in [0, 0.1) is 11.6 Å². The maximum absolute atomic E-state index is 13.5. The van der Waals surface area contributed by atoms with E-state index in [0.717, 1.165) is 24.3 Å². The minimum Gasteiger partial charge on any atom is -0.508 e. The fourth-order valence-electron chi connectivity index (χ4n) is 2.06. The maximum Gasteiger partial charge on any atom is 0.133 e. The van der Waals surface area contributed by atoms with Crippen LogP contribution in [-0.2, 0) is 0 Å². The second-order valence-electron chi connectivity index (χ2n) is 3.98. The molecular formula is C12H13F2NO. The van der Waals surface area contributed by atoms with Gasteiger partial charge in [-0.15, -0.1) is 0 Å². The van der Waals surface area contributed by atoms with Gasteiger partial charge < -0.3 is 5.11 Å². The largest absolute Gasteiger partial charge is 0.508 e. The van der Waals surface area contributed by atoms with Crippen LogP contribution in [0.25, 0.3) is 0 Å². The molecule has 2 nitrogen and oxygen atoms in total. The molecule has 0 spiro atoms. The molecule has 0 radical (unpaired) electrons. The lowest BCUT2D eigenvalue weighted by atomic mass is 9.94. The minimum atomic E-state index is -0.685. The second kappa shape index (κ2) is 4.20. The highest BCUT2D eigenvalue weighted by Gasteiger charge is 2.25. The molecule has 1 atom stereocenters. The molecule has 0 saturated carbocycles. The molecule has 2 rings (SSSR count). The molecule has 1 aliphatic rings. The number of hydrogen-bond donors (Lipinski definition) is 1. The molecule has 1 heterocycles. The van der Waals surface area contributed by atoms with Crippen LogP contribution in [0.5, 0.6) is 5.75 Å². The monoisotopic (exact) mass is 225 g/mol. The zero-order valence-corrected chi connectivity index (χ0v) is 9.00. The second-order valence-corrected chi connectivity index (χ2v) is 3.98. The highest BCUT2D eigenvalue weighted by Crippen LogP contribution is 2.32. The Morgan fingerprint density at radius 2 is 2.00 bits per heavy atom. The van der Waals surface area contributed by atoms with Crippen molar-refractivity contribution in [3.05, 3.63) is 29.3 Å². The quantitative estimate of drug-likeness (QED) is 0.824. The van der Waals surface area contributed by atoms with Gasteiger partial charge in [0.2, 0.25) is 0 Å². The summed E-state index contributed by atoms with van der Waals surface area (Å²) in [5.74, 6) is -1.98. The molecule has 86 valence electrons. The average Bonchev–Trinajstić information content (AvgIpc) is 2.64. The van der Waals surface area contributed by atoms with E-state index >= 15 is 0 Å². The van der Waals surface area contributed by atoms with Crippen molar-refractivity contribution < 1.29 is 13.9 Å². The molecule has 0 bridgehead atoms. The van der Waals surface area contributed by atoms with Gasteiger partial charge in [0.15, 0.2) is 0 Å². The zero-order chi connectivity index (χ0) is 11.7. The Balaban J connectivity index is 2.29. The van der Waals surface area contributed by atoms with Gasteiger partial charge in [-0.2, -0.15) is 0 Å². The van der Waals surface area contributed by atoms with E-state index in [-0.39, 0.29) is 17.2 Å². The van der Waals surface area contributed by atoms with E-state index in [4.69, 9.17) is 5.11 Å². The summed E-state index contributed by atoms with van der Waals surface area (Å²) < 4.78 is 27.1. The van der Waals surface area contributed by atoms with Crippen molar-refractivity contribution >= 4 is 5.71 Å². The summed E-state index contributed by atoms with van der Waals surface area (Å²) in [5.41, 5.74) is 1.04. The van der Waals surface area contributed by atoms with Gasteiger partial charge in [-0.05, 0) is 12.8 Å². The van der Waals surface area contributed by atoms with Crippen molar-refractivity contribution in [3.63, 3.8) is 0 Å². The zero-order valence-electron chi connectivity index (χ0n) is 9.00. The van der Waals surface area contributed by atoms with Crippen molar-refractivity contribution in [1.82, 2.24) is 0 Å². The van der Waals surface area contributed by atoms with Gasteiger partial charge >= 0.3 is 0 Å². The van der Waals surface area contributed by atoms with Crippen LogP contribution in [0.2, 0.25) is 0 Å². The van der Waals surface area contributed by atoms with Crippen molar-refractivity contribution in [2.24, 2.45) is 4.99 Å². The molecule has 0 aliphatic carbocycles. The molecule has 0 saturated heterocycles. The summed E-state index contributed by atoms with van der Waals surface area (Å²) >= 11 is 0. The first-order valence-electron chi connectivity index (χ1n) is 5.32. The third-order valence-corrected chi connectivity index (χ3v) is 2.90. The van der Waals surface area contributed by atoms with E-state index in [2.05, 4.69) is 4.99 Å². The molecule has 16 heavy (non-hydrogen) atoms. The SMILES string of the molecule is CCC1=NCC(c2c(F)cc(O)cc2F)C1. The molecule has 1 aromatic carbocycles. The summed E-state index contributed by atoms with van der Waals surface area (Å²) in [6, 6.07) is 1.89. The third kappa shape index (κ3) is 1.92. The summed E-state index contributed by atoms with van der Waals surface area (Å²) in [6.45, 7) is 2.41. The first-order chi connectivity index (χ1) is 7.61. The number of phenols is 1. The fraction of sp³-hybridized carbons (Fsp3) is 0.417. The summed E-state index contributed by atoms with van der Waals surface area (Å²) in [4.78, 5) is 4.24. The van der Waals surface area contributed by atoms with E-state index < -0.39 is 11.6 Å². The molecule has 1 N–H and O–H groups in total.